The van der Waals surface area contributed by atoms with E-state index in [-0.39, 0.29) is 6.10 Å². The molecule has 0 radical (unpaired) electrons. The van der Waals surface area contributed by atoms with Crippen LogP contribution in [0.2, 0.25) is 0 Å². The lowest BCUT2D eigenvalue weighted by Gasteiger charge is -2.08. The number of aliphatic hydroxyl groups is 1. The Hall–Kier alpha value is -0.860. The molecule has 2 nitrogen and oxygen atoms in total. The van der Waals surface area contributed by atoms with E-state index in [0.717, 1.165) is 12.1 Å². The molecular weight excluding hydrogens is 150 g/mol. The van der Waals surface area contributed by atoms with E-state index in [4.69, 9.17) is 0 Å². The summed E-state index contributed by atoms with van der Waals surface area (Å²) in [6.07, 6.45) is -0.309. The SMILES string of the molecule is CN1C[C@@H]1[C@H](O)c1ccccc1. The predicted octanol–water partition coefficient (Wildman–Crippen LogP) is 1.03. The van der Waals surface area contributed by atoms with Gasteiger partial charge >= 0.3 is 0 Å². The van der Waals surface area contributed by atoms with Crippen LogP contribution in [-0.4, -0.2) is 29.6 Å². The van der Waals surface area contributed by atoms with Crippen LogP contribution in [0.15, 0.2) is 30.3 Å². The largest absolute Gasteiger partial charge is 0.387 e. The molecule has 64 valence electrons. The maximum Gasteiger partial charge on any atom is 0.0957 e. The first-order valence-corrected chi connectivity index (χ1v) is 4.22. The van der Waals surface area contributed by atoms with Gasteiger partial charge in [-0.3, -0.25) is 4.90 Å². The Bertz CT molecular complexity index is 260. The third-order valence-corrected chi connectivity index (χ3v) is 2.41. The molecule has 1 saturated heterocycles. The Morgan fingerprint density at radius 3 is 2.50 bits per heavy atom. The molecule has 0 spiro atoms. The van der Waals surface area contributed by atoms with Crippen molar-refractivity contribution < 1.29 is 5.11 Å². The van der Waals surface area contributed by atoms with Crippen molar-refractivity contribution >= 4 is 0 Å². The van der Waals surface area contributed by atoms with Crippen LogP contribution in [0.5, 0.6) is 0 Å². The van der Waals surface area contributed by atoms with E-state index in [1.54, 1.807) is 0 Å². The fourth-order valence-electron chi connectivity index (χ4n) is 1.46. The van der Waals surface area contributed by atoms with Gasteiger partial charge in [0.1, 0.15) is 0 Å². The second-order valence-corrected chi connectivity index (χ2v) is 3.36. The molecule has 12 heavy (non-hydrogen) atoms. The molecule has 1 aliphatic rings. The fraction of sp³-hybridized carbons (Fsp3) is 0.400. The van der Waals surface area contributed by atoms with Crippen LogP contribution in [0.3, 0.4) is 0 Å². The highest BCUT2D eigenvalue weighted by Crippen LogP contribution is 2.28. The van der Waals surface area contributed by atoms with E-state index >= 15 is 0 Å². The summed E-state index contributed by atoms with van der Waals surface area (Å²) in [6, 6.07) is 10.2. The van der Waals surface area contributed by atoms with Crippen molar-refractivity contribution in [2.75, 3.05) is 13.6 Å². The lowest BCUT2D eigenvalue weighted by Crippen LogP contribution is -2.08. The Labute approximate surface area is 72.4 Å². The second-order valence-electron chi connectivity index (χ2n) is 3.36. The first-order valence-electron chi connectivity index (χ1n) is 4.22. The van der Waals surface area contributed by atoms with Gasteiger partial charge in [0.2, 0.25) is 0 Å². The average molecular weight is 163 g/mol. The topological polar surface area (TPSA) is 23.2 Å². The van der Waals surface area contributed by atoms with Crippen molar-refractivity contribution in [2.24, 2.45) is 0 Å². The van der Waals surface area contributed by atoms with Crippen LogP contribution < -0.4 is 0 Å². The monoisotopic (exact) mass is 163 g/mol. The molecule has 0 aliphatic carbocycles. The Kier molecular flexibility index (Phi) is 1.87. The fourth-order valence-corrected chi connectivity index (χ4v) is 1.46. The molecule has 1 aliphatic heterocycles. The van der Waals surface area contributed by atoms with E-state index in [1.807, 2.05) is 37.4 Å². The minimum Gasteiger partial charge on any atom is -0.387 e. The maximum absolute atomic E-state index is 9.79. The summed E-state index contributed by atoms with van der Waals surface area (Å²) >= 11 is 0. The lowest BCUT2D eigenvalue weighted by molar-refractivity contribution is 0.162. The molecule has 0 aromatic heterocycles. The molecule has 1 aromatic carbocycles. The van der Waals surface area contributed by atoms with Crippen LogP contribution in [0.1, 0.15) is 11.7 Å². The van der Waals surface area contributed by atoms with E-state index in [0.29, 0.717) is 6.04 Å². The van der Waals surface area contributed by atoms with Crippen LogP contribution in [0.4, 0.5) is 0 Å². The van der Waals surface area contributed by atoms with Gasteiger partial charge in [0.15, 0.2) is 0 Å². The van der Waals surface area contributed by atoms with E-state index in [1.165, 1.54) is 0 Å². The van der Waals surface area contributed by atoms with Crippen molar-refractivity contribution in [3.8, 4) is 0 Å². The quantitative estimate of drug-likeness (QED) is 0.658. The predicted molar refractivity (Wildman–Crippen MR) is 47.8 cm³/mol. The van der Waals surface area contributed by atoms with Gasteiger partial charge in [-0.1, -0.05) is 30.3 Å². The molecule has 1 unspecified atom stereocenters. The zero-order valence-electron chi connectivity index (χ0n) is 7.14. The van der Waals surface area contributed by atoms with E-state index in [2.05, 4.69) is 4.90 Å². The number of nitrogens with zero attached hydrogens (tertiary/aromatic N) is 1. The number of aliphatic hydroxyl groups excluding tert-OH is 1. The third-order valence-electron chi connectivity index (χ3n) is 2.41. The summed E-state index contributed by atoms with van der Waals surface area (Å²) in [5.74, 6) is 0. The van der Waals surface area contributed by atoms with Gasteiger partial charge in [0.25, 0.3) is 0 Å². The molecule has 0 saturated carbocycles. The van der Waals surface area contributed by atoms with Gasteiger partial charge in [-0.15, -0.1) is 0 Å². The smallest absolute Gasteiger partial charge is 0.0957 e. The van der Waals surface area contributed by atoms with Crippen molar-refractivity contribution in [1.82, 2.24) is 4.90 Å². The maximum atomic E-state index is 9.79. The summed E-state index contributed by atoms with van der Waals surface area (Å²) in [5, 5.41) is 9.79. The molecule has 1 fully saturated rings. The Balaban J connectivity index is 2.10. The number of hydrogen-bond donors (Lipinski definition) is 1. The molecule has 1 N–H and O–H groups in total. The summed E-state index contributed by atoms with van der Waals surface area (Å²) in [6.45, 7) is 1.01. The first-order chi connectivity index (χ1) is 5.79. The highest BCUT2D eigenvalue weighted by molar-refractivity contribution is 5.20. The van der Waals surface area contributed by atoms with Crippen molar-refractivity contribution in [3.05, 3.63) is 35.9 Å². The van der Waals surface area contributed by atoms with Crippen LogP contribution in [0, 0.1) is 0 Å². The zero-order valence-corrected chi connectivity index (χ0v) is 7.14. The highest BCUT2D eigenvalue weighted by atomic mass is 16.3. The zero-order chi connectivity index (χ0) is 8.55. The van der Waals surface area contributed by atoms with Gasteiger partial charge in [-0.05, 0) is 12.6 Å². The van der Waals surface area contributed by atoms with Crippen LogP contribution in [0.25, 0.3) is 0 Å². The number of hydrogen-bond acceptors (Lipinski definition) is 2. The molecule has 1 heterocycles. The van der Waals surface area contributed by atoms with Crippen LogP contribution in [-0.2, 0) is 0 Å². The number of likely N-dealkylation sites (N-methyl/N-ethyl adjacent to an activating group) is 1. The molecule has 2 rings (SSSR count). The molecule has 1 aromatic rings. The van der Waals surface area contributed by atoms with Crippen molar-refractivity contribution in [1.29, 1.82) is 0 Å². The highest BCUT2D eigenvalue weighted by Gasteiger charge is 2.36. The van der Waals surface area contributed by atoms with Crippen molar-refractivity contribution in [3.63, 3.8) is 0 Å². The molecular formula is C10H13NO. The van der Waals surface area contributed by atoms with Gasteiger partial charge in [0.05, 0.1) is 12.1 Å². The standard InChI is InChI=1S/C10H13NO/c1-11-7-9(11)10(12)8-5-3-2-4-6-8/h2-6,9-10,12H,7H2,1H3/t9-,10-,11?/m1/s1. The minimum absolute atomic E-state index is 0.309. The lowest BCUT2D eigenvalue weighted by atomic mass is 10.1. The molecule has 0 bridgehead atoms. The summed E-state index contributed by atoms with van der Waals surface area (Å²) in [7, 11) is 2.02. The minimum atomic E-state index is -0.309. The van der Waals surface area contributed by atoms with E-state index < -0.39 is 0 Å². The van der Waals surface area contributed by atoms with Gasteiger partial charge in [-0.2, -0.15) is 0 Å². The molecule has 2 heteroatoms. The molecule has 0 amide bonds. The number of benzene rings is 1. The number of rotatable bonds is 2. The third kappa shape index (κ3) is 1.36. The second kappa shape index (κ2) is 2.88. The Morgan fingerprint density at radius 2 is 2.00 bits per heavy atom. The summed E-state index contributed by atoms with van der Waals surface area (Å²) < 4.78 is 0. The van der Waals surface area contributed by atoms with Gasteiger partial charge < -0.3 is 5.11 Å². The molecule has 3 atom stereocenters. The average Bonchev–Trinajstić information content (AvgIpc) is 2.83. The summed E-state index contributed by atoms with van der Waals surface area (Å²) in [4.78, 5) is 2.14. The first kappa shape index (κ1) is 7.77. The Morgan fingerprint density at radius 1 is 1.42 bits per heavy atom. The summed E-state index contributed by atoms with van der Waals surface area (Å²) in [5.41, 5.74) is 1.02. The van der Waals surface area contributed by atoms with E-state index in [9.17, 15) is 5.11 Å². The van der Waals surface area contributed by atoms with Crippen LogP contribution >= 0.6 is 0 Å². The van der Waals surface area contributed by atoms with Gasteiger partial charge in [0, 0.05) is 6.54 Å². The van der Waals surface area contributed by atoms with Crippen molar-refractivity contribution in [2.45, 2.75) is 12.1 Å². The normalized spacial score (nSPS) is 29.8. The van der Waals surface area contributed by atoms with Gasteiger partial charge in [-0.25, -0.2) is 0 Å².